The molecule has 9 heteroatoms. The molecule has 114 valence electrons. The van der Waals surface area contributed by atoms with Crippen molar-refractivity contribution >= 4 is 34.4 Å². The highest BCUT2D eigenvalue weighted by atomic mass is 35.5. The third-order valence-electron chi connectivity index (χ3n) is 3.48. The van der Waals surface area contributed by atoms with E-state index in [1.54, 1.807) is 10.6 Å². The molecule has 2 aromatic heterocycles. The number of thioether (sulfide) groups is 1. The van der Waals surface area contributed by atoms with Gasteiger partial charge in [0.1, 0.15) is 34.0 Å². The van der Waals surface area contributed by atoms with Gasteiger partial charge in [0.15, 0.2) is 6.23 Å². The Morgan fingerprint density at radius 3 is 2.81 bits per heavy atom. The second-order valence-corrected chi connectivity index (χ2v) is 5.88. The fourth-order valence-corrected chi connectivity index (χ4v) is 3.21. The number of halogens is 1. The van der Waals surface area contributed by atoms with Gasteiger partial charge >= 0.3 is 0 Å². The number of hydrogen-bond acceptors (Lipinski definition) is 7. The number of fused-ring (bicyclic) bond motifs is 1. The maximum absolute atomic E-state index is 10.1. The molecule has 21 heavy (non-hydrogen) atoms. The Labute approximate surface area is 129 Å². The van der Waals surface area contributed by atoms with Gasteiger partial charge in [-0.3, -0.25) is 0 Å². The summed E-state index contributed by atoms with van der Waals surface area (Å²) in [5.41, 5.74) is 1.29. The second kappa shape index (κ2) is 5.71. The first-order valence-electron chi connectivity index (χ1n) is 6.26. The third-order valence-corrected chi connectivity index (χ3v) is 4.35. The molecular weight excluding hydrogens is 318 g/mol. The zero-order valence-corrected chi connectivity index (χ0v) is 12.6. The van der Waals surface area contributed by atoms with E-state index in [9.17, 15) is 10.2 Å². The monoisotopic (exact) mass is 331 g/mol. The summed E-state index contributed by atoms with van der Waals surface area (Å²) in [5, 5.41) is 30.1. The summed E-state index contributed by atoms with van der Waals surface area (Å²) in [7, 11) is 0. The lowest BCUT2D eigenvalue weighted by molar-refractivity contribution is -0.0508. The van der Waals surface area contributed by atoms with Gasteiger partial charge in [0.2, 0.25) is 0 Å². The molecule has 1 fully saturated rings. The number of pyridine rings is 1. The fraction of sp³-hybridized carbons (Fsp3) is 0.500. The van der Waals surface area contributed by atoms with E-state index in [1.165, 1.54) is 18.1 Å². The molecule has 0 aromatic carbocycles. The minimum Gasteiger partial charge on any atom is -0.394 e. The number of nitrogens with zero attached hydrogens (tertiary/aromatic N) is 3. The van der Waals surface area contributed by atoms with Crippen molar-refractivity contribution in [2.75, 3.05) is 12.9 Å². The Morgan fingerprint density at radius 1 is 1.43 bits per heavy atom. The summed E-state index contributed by atoms with van der Waals surface area (Å²) in [5.74, 6) is 0. The molecule has 0 saturated carbocycles. The van der Waals surface area contributed by atoms with E-state index in [0.717, 1.165) is 0 Å². The number of aliphatic hydroxyl groups is 3. The number of rotatable bonds is 3. The van der Waals surface area contributed by atoms with Crippen molar-refractivity contribution in [2.24, 2.45) is 0 Å². The van der Waals surface area contributed by atoms with E-state index in [-0.39, 0.29) is 6.61 Å². The van der Waals surface area contributed by atoms with Gasteiger partial charge in [-0.25, -0.2) is 9.97 Å². The molecule has 0 spiro atoms. The molecule has 1 aliphatic heterocycles. The first-order valence-corrected chi connectivity index (χ1v) is 7.86. The molecule has 1 saturated heterocycles. The molecule has 2 aromatic rings. The molecule has 0 bridgehead atoms. The average Bonchev–Trinajstić information content (AvgIpc) is 3.01. The fourth-order valence-electron chi connectivity index (χ4n) is 2.43. The van der Waals surface area contributed by atoms with Gasteiger partial charge < -0.3 is 24.6 Å². The summed E-state index contributed by atoms with van der Waals surface area (Å²) in [4.78, 5) is 8.46. The topological polar surface area (TPSA) is 101 Å². The van der Waals surface area contributed by atoms with Crippen LogP contribution in [-0.2, 0) is 4.74 Å². The third kappa shape index (κ3) is 2.41. The van der Waals surface area contributed by atoms with Crippen LogP contribution in [0.2, 0.25) is 5.15 Å². The second-order valence-electron chi connectivity index (χ2n) is 4.70. The number of aromatic nitrogens is 3. The lowest BCUT2D eigenvalue weighted by Gasteiger charge is -2.17. The van der Waals surface area contributed by atoms with Gasteiger partial charge in [-0.2, -0.15) is 0 Å². The highest BCUT2D eigenvalue weighted by Gasteiger charge is 2.43. The van der Waals surface area contributed by atoms with Crippen LogP contribution in [0.25, 0.3) is 11.0 Å². The van der Waals surface area contributed by atoms with Crippen LogP contribution in [0, 0.1) is 0 Å². The van der Waals surface area contributed by atoms with Gasteiger partial charge in [-0.1, -0.05) is 11.6 Å². The van der Waals surface area contributed by atoms with Crippen LogP contribution in [0.15, 0.2) is 17.4 Å². The quantitative estimate of drug-likeness (QED) is 0.553. The smallest absolute Gasteiger partial charge is 0.164 e. The Kier molecular flexibility index (Phi) is 4.08. The minimum atomic E-state index is -1.16. The molecule has 7 nitrogen and oxygen atoms in total. The minimum absolute atomic E-state index is 0.306. The predicted molar refractivity (Wildman–Crippen MR) is 77.3 cm³/mol. The van der Waals surface area contributed by atoms with Crippen molar-refractivity contribution in [3.63, 3.8) is 0 Å². The molecule has 0 unspecified atom stereocenters. The number of ether oxygens (including phenoxy) is 1. The van der Waals surface area contributed by atoms with Crippen LogP contribution in [0.4, 0.5) is 0 Å². The molecule has 4 atom stereocenters. The first kappa shape index (κ1) is 15.0. The van der Waals surface area contributed by atoms with Crippen LogP contribution in [-0.4, -0.2) is 61.0 Å². The number of aliphatic hydroxyl groups excluding tert-OH is 3. The molecule has 3 N–H and O–H groups in total. The molecular formula is C12H14ClN3O4S. The van der Waals surface area contributed by atoms with E-state index >= 15 is 0 Å². The molecule has 0 aliphatic carbocycles. The summed E-state index contributed by atoms with van der Waals surface area (Å²) in [6.07, 6.45) is -0.624. The van der Waals surface area contributed by atoms with E-state index < -0.39 is 24.5 Å². The Hall–Kier alpha value is -0.900. The molecule has 3 rings (SSSR count). The lowest BCUT2D eigenvalue weighted by Crippen LogP contribution is -2.33. The number of imidazole rings is 1. The average molecular weight is 332 g/mol. The van der Waals surface area contributed by atoms with Crippen LogP contribution in [0.3, 0.4) is 0 Å². The predicted octanol–water partition coefficient (Wildman–Crippen LogP) is 0.418. The normalized spacial score (nSPS) is 29.4. The van der Waals surface area contributed by atoms with Gasteiger partial charge in [-0.15, -0.1) is 11.8 Å². The first-order chi connectivity index (χ1) is 10.1. The lowest BCUT2D eigenvalue weighted by atomic mass is 10.1. The van der Waals surface area contributed by atoms with Crippen molar-refractivity contribution < 1.29 is 20.1 Å². The van der Waals surface area contributed by atoms with Gasteiger partial charge in [-0.05, 0) is 6.26 Å². The van der Waals surface area contributed by atoms with E-state index in [1.807, 2.05) is 6.26 Å². The van der Waals surface area contributed by atoms with Crippen molar-refractivity contribution in [1.29, 1.82) is 0 Å². The van der Waals surface area contributed by atoms with Crippen LogP contribution >= 0.6 is 23.4 Å². The summed E-state index contributed by atoms with van der Waals surface area (Å²) in [6, 6.07) is 1.62. The number of hydrogen-bond donors (Lipinski definition) is 3. The molecule has 0 amide bonds. The highest BCUT2D eigenvalue weighted by molar-refractivity contribution is 7.98. The van der Waals surface area contributed by atoms with Gasteiger partial charge in [0.05, 0.1) is 18.5 Å². The van der Waals surface area contributed by atoms with Crippen LogP contribution < -0.4 is 0 Å². The van der Waals surface area contributed by atoms with Crippen molar-refractivity contribution in [2.45, 2.75) is 29.6 Å². The zero-order valence-electron chi connectivity index (χ0n) is 11.0. The Bertz CT molecular complexity index is 667. The zero-order chi connectivity index (χ0) is 15.1. The Balaban J connectivity index is 2.07. The molecule has 0 radical (unpaired) electrons. The van der Waals surface area contributed by atoms with Gasteiger partial charge in [0, 0.05) is 6.07 Å². The SMILES string of the molecule is CSc1nc(Cl)cc2c1ncn2[C@@H]1O[C@H](CO)[C@@H](O)[C@H]1O. The van der Waals surface area contributed by atoms with E-state index in [0.29, 0.717) is 21.2 Å². The van der Waals surface area contributed by atoms with Crippen molar-refractivity contribution in [3.8, 4) is 0 Å². The van der Waals surface area contributed by atoms with Gasteiger partial charge in [0.25, 0.3) is 0 Å². The van der Waals surface area contributed by atoms with Crippen molar-refractivity contribution in [1.82, 2.24) is 14.5 Å². The molecule has 1 aliphatic rings. The van der Waals surface area contributed by atoms with Crippen LogP contribution in [0.1, 0.15) is 6.23 Å². The van der Waals surface area contributed by atoms with E-state index in [4.69, 9.17) is 21.4 Å². The van der Waals surface area contributed by atoms with E-state index in [2.05, 4.69) is 9.97 Å². The van der Waals surface area contributed by atoms with Crippen LogP contribution in [0.5, 0.6) is 0 Å². The maximum atomic E-state index is 10.1. The van der Waals surface area contributed by atoms with Crippen molar-refractivity contribution in [3.05, 3.63) is 17.5 Å². The Morgan fingerprint density at radius 2 is 2.19 bits per heavy atom. The summed E-state index contributed by atoms with van der Waals surface area (Å²) < 4.78 is 7.09. The standard InChI is InChI=1S/C12H14ClN3O4S/c1-21-11-8-5(2-7(13)15-11)16(4-14-8)12-10(19)9(18)6(3-17)20-12/h2,4,6,9-10,12,17-19H,3H2,1H3/t6-,9-,10-,12-/m1/s1. The highest BCUT2D eigenvalue weighted by Crippen LogP contribution is 2.34. The maximum Gasteiger partial charge on any atom is 0.164 e. The summed E-state index contributed by atoms with van der Waals surface area (Å²) in [6.45, 7) is -0.375. The summed E-state index contributed by atoms with van der Waals surface area (Å²) >= 11 is 7.41. The molecule has 3 heterocycles. The largest absolute Gasteiger partial charge is 0.394 e.